The highest BCUT2D eigenvalue weighted by atomic mass is 19.1. The molecule has 1 aliphatic heterocycles. The van der Waals surface area contributed by atoms with Gasteiger partial charge in [-0.2, -0.15) is 0 Å². The molecule has 34 heavy (non-hydrogen) atoms. The first-order chi connectivity index (χ1) is 16.3. The zero-order chi connectivity index (χ0) is 24.0. The van der Waals surface area contributed by atoms with E-state index >= 15 is 0 Å². The van der Waals surface area contributed by atoms with Gasteiger partial charge in [-0.05, 0) is 44.4 Å². The van der Waals surface area contributed by atoms with Crippen molar-refractivity contribution in [1.82, 2.24) is 15.0 Å². The third-order valence-corrected chi connectivity index (χ3v) is 6.20. The molecule has 5 rings (SSSR count). The van der Waals surface area contributed by atoms with E-state index in [1.807, 2.05) is 49.4 Å². The molecule has 172 valence electrons. The summed E-state index contributed by atoms with van der Waals surface area (Å²) in [5, 5.41) is 4.97. The van der Waals surface area contributed by atoms with E-state index in [-0.39, 0.29) is 29.6 Å². The fraction of sp³-hybridized carbons (Fsp3) is 0.231. The Bertz CT molecular complexity index is 1400. The monoisotopic (exact) mass is 456 g/mol. The quantitative estimate of drug-likeness (QED) is 0.458. The van der Waals surface area contributed by atoms with Crippen molar-refractivity contribution < 1.29 is 9.18 Å². The predicted octanol–water partition coefficient (Wildman–Crippen LogP) is 5.15. The first kappa shape index (κ1) is 21.8. The van der Waals surface area contributed by atoms with Crippen molar-refractivity contribution in [2.24, 2.45) is 0 Å². The Hall–Kier alpha value is -4.07. The topological polar surface area (TPSA) is 74.2 Å². The van der Waals surface area contributed by atoms with Gasteiger partial charge in [-0.15, -0.1) is 0 Å². The van der Waals surface area contributed by atoms with Crippen LogP contribution in [-0.2, 0) is 4.79 Å². The zero-order valence-corrected chi connectivity index (χ0v) is 19.5. The number of hydrogen-bond acceptors (Lipinski definition) is 6. The van der Waals surface area contributed by atoms with E-state index in [2.05, 4.69) is 39.0 Å². The van der Waals surface area contributed by atoms with Gasteiger partial charge < -0.3 is 15.1 Å². The van der Waals surface area contributed by atoms with Gasteiger partial charge in [0, 0.05) is 42.1 Å². The molecule has 0 spiro atoms. The number of benzene rings is 2. The van der Waals surface area contributed by atoms with Gasteiger partial charge in [0.1, 0.15) is 11.7 Å². The van der Waals surface area contributed by atoms with E-state index in [1.54, 1.807) is 24.3 Å². The molecule has 0 saturated heterocycles. The van der Waals surface area contributed by atoms with Crippen LogP contribution < -0.4 is 15.1 Å². The van der Waals surface area contributed by atoms with Gasteiger partial charge in [0.2, 0.25) is 11.9 Å². The predicted molar refractivity (Wildman–Crippen MR) is 133 cm³/mol. The average Bonchev–Trinajstić information content (AvgIpc) is 2.83. The molecule has 3 heterocycles. The van der Waals surface area contributed by atoms with Gasteiger partial charge in [-0.3, -0.25) is 9.78 Å². The average molecular weight is 457 g/mol. The maximum atomic E-state index is 14.8. The van der Waals surface area contributed by atoms with Crippen molar-refractivity contribution >= 4 is 39.7 Å². The largest absolute Gasteiger partial charge is 0.356 e. The molecule has 7 nitrogen and oxygen atoms in total. The fourth-order valence-electron chi connectivity index (χ4n) is 4.59. The van der Waals surface area contributed by atoms with Crippen molar-refractivity contribution in [1.29, 1.82) is 0 Å². The zero-order valence-electron chi connectivity index (χ0n) is 19.5. The maximum absolute atomic E-state index is 14.8. The van der Waals surface area contributed by atoms with Crippen LogP contribution in [0.25, 0.3) is 22.0 Å². The van der Waals surface area contributed by atoms with Crippen molar-refractivity contribution in [3.63, 3.8) is 0 Å². The van der Waals surface area contributed by atoms with Gasteiger partial charge in [0.15, 0.2) is 5.82 Å². The molecular formula is C26H25FN6O. The van der Waals surface area contributed by atoms with Gasteiger partial charge in [-0.25, -0.2) is 14.4 Å². The smallest absolute Gasteiger partial charge is 0.249 e. The van der Waals surface area contributed by atoms with E-state index in [0.29, 0.717) is 5.56 Å². The lowest BCUT2D eigenvalue weighted by Crippen LogP contribution is -2.53. The molecule has 1 N–H and O–H groups in total. The van der Waals surface area contributed by atoms with E-state index in [9.17, 15) is 9.18 Å². The summed E-state index contributed by atoms with van der Waals surface area (Å²) in [6.07, 6.45) is 4.53. The van der Waals surface area contributed by atoms with Crippen LogP contribution in [0.4, 0.5) is 27.4 Å². The molecule has 8 heteroatoms. The number of carbonyl (C=O) groups is 1. The second-order valence-corrected chi connectivity index (χ2v) is 8.70. The van der Waals surface area contributed by atoms with Gasteiger partial charge in [0.25, 0.3) is 0 Å². The van der Waals surface area contributed by atoms with E-state index in [1.165, 1.54) is 6.20 Å². The molecule has 1 atom stereocenters. The highest BCUT2D eigenvalue weighted by Crippen LogP contribution is 2.39. The number of aromatic nitrogens is 3. The SMILES string of the molecule is CC(C)N1c2cc(Nc3ncc(F)c(-c4cncc5ccccc45)n3)ccc2N(C)C(=O)[C@H]1C. The molecule has 0 bridgehead atoms. The number of pyridine rings is 1. The Morgan fingerprint density at radius 1 is 1.06 bits per heavy atom. The molecule has 0 fully saturated rings. The third-order valence-electron chi connectivity index (χ3n) is 6.20. The summed E-state index contributed by atoms with van der Waals surface area (Å²) in [5.74, 6) is -0.195. The van der Waals surface area contributed by atoms with Crippen LogP contribution in [0.3, 0.4) is 0 Å². The van der Waals surface area contributed by atoms with E-state index in [4.69, 9.17) is 0 Å². The van der Waals surface area contributed by atoms with Gasteiger partial charge in [-0.1, -0.05) is 24.3 Å². The summed E-state index contributed by atoms with van der Waals surface area (Å²) in [6.45, 7) is 6.04. The second kappa shape index (κ2) is 8.37. The van der Waals surface area contributed by atoms with Crippen LogP contribution in [0.1, 0.15) is 20.8 Å². The lowest BCUT2D eigenvalue weighted by Gasteiger charge is -2.42. The lowest BCUT2D eigenvalue weighted by atomic mass is 10.0. The van der Waals surface area contributed by atoms with Crippen LogP contribution in [0, 0.1) is 5.82 Å². The maximum Gasteiger partial charge on any atom is 0.249 e. The highest BCUT2D eigenvalue weighted by Gasteiger charge is 2.35. The molecular weight excluding hydrogens is 431 g/mol. The Labute approximate surface area is 197 Å². The second-order valence-electron chi connectivity index (χ2n) is 8.70. The molecule has 2 aromatic heterocycles. The standard InChI is InChI=1S/C26H25FN6O/c1-15(2)33-16(3)25(34)32(4)22-10-9-18(11-23(22)33)30-26-29-14-21(27)24(31-26)20-13-28-12-17-7-5-6-8-19(17)20/h5-16H,1-4H3,(H,29,30,31)/t16-/m1/s1. The molecule has 0 unspecified atom stereocenters. The molecule has 0 saturated carbocycles. The number of rotatable bonds is 4. The molecule has 4 aromatic rings. The summed E-state index contributed by atoms with van der Waals surface area (Å²) in [6, 6.07) is 13.3. The number of anilines is 4. The van der Waals surface area contributed by atoms with Crippen LogP contribution in [0.5, 0.6) is 0 Å². The number of amides is 1. The molecule has 1 amide bonds. The first-order valence-electron chi connectivity index (χ1n) is 11.2. The van der Waals surface area contributed by atoms with Crippen molar-refractivity contribution in [3.8, 4) is 11.3 Å². The number of hydrogen-bond donors (Lipinski definition) is 1. The fourth-order valence-corrected chi connectivity index (χ4v) is 4.59. The number of fused-ring (bicyclic) bond motifs is 2. The summed E-state index contributed by atoms with van der Waals surface area (Å²) < 4.78 is 14.8. The normalized spacial score (nSPS) is 15.7. The Morgan fingerprint density at radius 2 is 1.85 bits per heavy atom. The molecule has 1 aliphatic rings. The summed E-state index contributed by atoms with van der Waals surface area (Å²) >= 11 is 0. The van der Waals surface area contributed by atoms with E-state index in [0.717, 1.165) is 27.8 Å². The van der Waals surface area contributed by atoms with Crippen molar-refractivity contribution in [3.05, 3.63) is 66.9 Å². The molecule has 0 radical (unpaired) electrons. The van der Waals surface area contributed by atoms with Crippen LogP contribution >= 0.6 is 0 Å². The summed E-state index contributed by atoms with van der Waals surface area (Å²) in [4.78, 5) is 29.4. The van der Waals surface area contributed by atoms with Crippen LogP contribution in [-0.4, -0.2) is 40.0 Å². The van der Waals surface area contributed by atoms with Gasteiger partial charge in [0.05, 0.1) is 17.6 Å². The van der Waals surface area contributed by atoms with Gasteiger partial charge >= 0.3 is 0 Å². The molecule has 0 aliphatic carbocycles. The number of halogens is 1. The minimum atomic E-state index is -0.519. The number of nitrogens with zero attached hydrogens (tertiary/aromatic N) is 5. The van der Waals surface area contributed by atoms with Crippen LogP contribution in [0.15, 0.2) is 61.1 Å². The van der Waals surface area contributed by atoms with E-state index < -0.39 is 5.82 Å². The van der Waals surface area contributed by atoms with Crippen molar-refractivity contribution in [2.45, 2.75) is 32.9 Å². The summed E-state index contributed by atoms with van der Waals surface area (Å²) in [7, 11) is 1.79. The first-order valence-corrected chi connectivity index (χ1v) is 11.2. The third kappa shape index (κ3) is 3.61. The molecule has 2 aromatic carbocycles. The van der Waals surface area contributed by atoms with Crippen molar-refractivity contribution in [2.75, 3.05) is 22.2 Å². The highest BCUT2D eigenvalue weighted by molar-refractivity contribution is 6.05. The van der Waals surface area contributed by atoms with Crippen LogP contribution in [0.2, 0.25) is 0 Å². The number of likely N-dealkylation sites (N-methyl/N-ethyl adjacent to an activating group) is 1. The minimum absolute atomic E-state index is 0.0529. The number of nitrogens with one attached hydrogen (secondary N) is 1. The lowest BCUT2D eigenvalue weighted by molar-refractivity contribution is -0.119. The Kier molecular flexibility index (Phi) is 5.36. The number of carbonyl (C=O) groups excluding carboxylic acids is 1. The Balaban J connectivity index is 1.54. The Morgan fingerprint density at radius 3 is 2.65 bits per heavy atom. The summed E-state index contributed by atoms with van der Waals surface area (Å²) in [5.41, 5.74) is 3.31. The minimum Gasteiger partial charge on any atom is -0.356 e.